The highest BCUT2D eigenvalue weighted by Crippen LogP contribution is 2.37. The molecule has 0 saturated heterocycles. The number of carbonyl (C=O) groups is 1. The van der Waals surface area contributed by atoms with Crippen molar-refractivity contribution in [3.05, 3.63) is 66.6 Å². The number of aromatic amines is 1. The Morgan fingerprint density at radius 3 is 2.56 bits per heavy atom. The van der Waals surface area contributed by atoms with Crippen LogP contribution in [0.25, 0.3) is 43.2 Å². The van der Waals surface area contributed by atoms with Crippen LogP contribution >= 0.6 is 0 Å². The largest absolute Gasteiger partial charge is 0.464 e. The molecule has 1 N–H and O–H groups in total. The molecule has 0 aliphatic rings. The van der Waals surface area contributed by atoms with Gasteiger partial charge in [-0.3, -0.25) is 0 Å². The SMILES string of the molecule is COC(=O)c1nc[nH]c2c1ccc1ccc3c4ccccc4cc3c12. The summed E-state index contributed by atoms with van der Waals surface area (Å²) in [4.78, 5) is 19.5. The maximum atomic E-state index is 12.1. The molecule has 0 radical (unpaired) electrons. The van der Waals surface area contributed by atoms with Gasteiger partial charge in [-0.2, -0.15) is 0 Å². The number of esters is 1. The third kappa shape index (κ3) is 1.88. The Balaban J connectivity index is 2.02. The van der Waals surface area contributed by atoms with Crippen LogP contribution in [-0.2, 0) is 4.74 Å². The van der Waals surface area contributed by atoms with E-state index in [1.807, 2.05) is 18.2 Å². The third-order valence-electron chi connectivity index (χ3n) is 4.81. The number of benzene rings is 3. The van der Waals surface area contributed by atoms with E-state index < -0.39 is 5.97 Å². The number of methoxy groups -OCH3 is 1. The van der Waals surface area contributed by atoms with Crippen molar-refractivity contribution in [2.45, 2.75) is 0 Å². The molecule has 1 aromatic heterocycles. The number of rotatable bonds is 1. The van der Waals surface area contributed by atoms with Crippen molar-refractivity contribution >= 4 is 49.2 Å². The van der Waals surface area contributed by atoms with Gasteiger partial charge in [0.1, 0.15) is 0 Å². The summed E-state index contributed by atoms with van der Waals surface area (Å²) in [5.74, 6) is -0.432. The van der Waals surface area contributed by atoms with Crippen LogP contribution in [0.1, 0.15) is 10.5 Å². The first kappa shape index (κ1) is 14.0. The fourth-order valence-electron chi connectivity index (χ4n) is 3.69. The molecule has 120 valence electrons. The highest BCUT2D eigenvalue weighted by Gasteiger charge is 2.15. The van der Waals surface area contributed by atoms with Gasteiger partial charge in [0.25, 0.3) is 0 Å². The smallest absolute Gasteiger partial charge is 0.357 e. The fourth-order valence-corrected chi connectivity index (χ4v) is 3.69. The van der Waals surface area contributed by atoms with E-state index in [2.05, 4.69) is 46.4 Å². The molecule has 0 atom stereocenters. The Bertz CT molecular complexity index is 1300. The zero-order chi connectivity index (χ0) is 17.0. The van der Waals surface area contributed by atoms with Gasteiger partial charge >= 0.3 is 5.97 Å². The maximum absolute atomic E-state index is 12.1. The first-order valence-electron chi connectivity index (χ1n) is 8.06. The van der Waals surface area contributed by atoms with Gasteiger partial charge in [-0.05, 0) is 39.1 Å². The average Bonchev–Trinajstić information content (AvgIpc) is 3.05. The van der Waals surface area contributed by atoms with Gasteiger partial charge < -0.3 is 9.72 Å². The molecule has 25 heavy (non-hydrogen) atoms. The predicted molar refractivity (Wildman–Crippen MR) is 100.0 cm³/mol. The number of aromatic nitrogens is 2. The second-order valence-corrected chi connectivity index (χ2v) is 6.09. The van der Waals surface area contributed by atoms with E-state index in [-0.39, 0.29) is 0 Å². The summed E-state index contributed by atoms with van der Waals surface area (Å²) in [6, 6.07) is 18.8. The topological polar surface area (TPSA) is 55.0 Å². The molecular formula is C21H14N2O2. The highest BCUT2D eigenvalue weighted by molar-refractivity contribution is 6.27. The lowest BCUT2D eigenvalue weighted by Gasteiger charge is -2.08. The molecule has 0 bridgehead atoms. The van der Waals surface area contributed by atoms with Crippen molar-refractivity contribution in [2.24, 2.45) is 0 Å². The standard InChI is InChI=1S/C21H14N2O2/c1-25-21(24)20-16-9-7-12-6-8-15-14-5-3-2-4-13(14)10-17(15)18(12)19(16)22-11-23-20/h2-11H,1H3,(H,22,23). The second kappa shape index (κ2) is 5.05. The maximum Gasteiger partial charge on any atom is 0.357 e. The first-order chi connectivity index (χ1) is 12.3. The first-order valence-corrected chi connectivity index (χ1v) is 8.06. The van der Waals surface area contributed by atoms with Crippen LogP contribution in [0.15, 0.2) is 60.9 Å². The number of nitrogens with one attached hydrogen (secondary N) is 1. The van der Waals surface area contributed by atoms with Crippen LogP contribution < -0.4 is 0 Å². The van der Waals surface area contributed by atoms with E-state index in [1.54, 1.807) is 6.33 Å². The van der Waals surface area contributed by atoms with Crippen LogP contribution in [-0.4, -0.2) is 23.0 Å². The quantitative estimate of drug-likeness (QED) is 0.355. The molecule has 0 fully saturated rings. The molecule has 0 aliphatic heterocycles. The van der Waals surface area contributed by atoms with Crippen LogP contribution in [0, 0.1) is 0 Å². The normalized spacial score (nSPS) is 11.6. The van der Waals surface area contributed by atoms with Crippen LogP contribution in [0.2, 0.25) is 0 Å². The van der Waals surface area contributed by atoms with Crippen molar-refractivity contribution in [1.29, 1.82) is 0 Å². The third-order valence-corrected chi connectivity index (χ3v) is 4.81. The van der Waals surface area contributed by atoms with Gasteiger partial charge in [0.05, 0.1) is 19.0 Å². The molecule has 0 spiro atoms. The van der Waals surface area contributed by atoms with Crippen LogP contribution in [0.3, 0.4) is 0 Å². The summed E-state index contributed by atoms with van der Waals surface area (Å²) in [6.07, 6.45) is 1.55. The Morgan fingerprint density at radius 2 is 1.72 bits per heavy atom. The molecule has 0 unspecified atom stereocenters. The summed E-state index contributed by atoms with van der Waals surface area (Å²) in [5, 5.41) is 7.80. The van der Waals surface area contributed by atoms with E-state index in [4.69, 9.17) is 4.74 Å². The molecular weight excluding hydrogens is 312 g/mol. The van der Waals surface area contributed by atoms with Crippen LogP contribution in [0.5, 0.6) is 0 Å². The number of ether oxygens (including phenoxy) is 1. The molecule has 4 aromatic carbocycles. The van der Waals surface area contributed by atoms with Crippen molar-refractivity contribution in [1.82, 2.24) is 9.97 Å². The van der Waals surface area contributed by atoms with Crippen molar-refractivity contribution < 1.29 is 9.53 Å². The van der Waals surface area contributed by atoms with Gasteiger partial charge in [-0.1, -0.05) is 42.5 Å². The molecule has 5 aromatic rings. The van der Waals surface area contributed by atoms with E-state index in [9.17, 15) is 4.79 Å². The Morgan fingerprint density at radius 1 is 0.920 bits per heavy atom. The Labute approximate surface area is 143 Å². The lowest BCUT2D eigenvalue weighted by Crippen LogP contribution is -2.05. The summed E-state index contributed by atoms with van der Waals surface area (Å²) in [7, 11) is 1.37. The fraction of sp³-hybridized carbons (Fsp3) is 0.0476. The molecule has 0 aliphatic carbocycles. The number of H-pyrrole nitrogens is 1. The lowest BCUT2D eigenvalue weighted by molar-refractivity contribution is 0.0596. The summed E-state index contributed by atoms with van der Waals surface area (Å²) < 4.78 is 4.88. The van der Waals surface area contributed by atoms with Crippen molar-refractivity contribution in [2.75, 3.05) is 7.11 Å². The molecule has 4 nitrogen and oxygen atoms in total. The second-order valence-electron chi connectivity index (χ2n) is 6.09. The molecule has 0 saturated carbocycles. The minimum atomic E-state index is -0.432. The molecule has 4 heteroatoms. The predicted octanol–water partition coefficient (Wildman–Crippen LogP) is 4.81. The van der Waals surface area contributed by atoms with Crippen molar-refractivity contribution in [3.8, 4) is 0 Å². The van der Waals surface area contributed by atoms with Gasteiger partial charge in [0, 0.05) is 10.8 Å². The molecule has 1 heterocycles. The van der Waals surface area contributed by atoms with Crippen LogP contribution in [0.4, 0.5) is 0 Å². The van der Waals surface area contributed by atoms with Crippen molar-refractivity contribution in [3.63, 3.8) is 0 Å². The Hall–Kier alpha value is -3.40. The van der Waals surface area contributed by atoms with Gasteiger partial charge in [0.15, 0.2) is 5.69 Å². The summed E-state index contributed by atoms with van der Waals surface area (Å²) in [5.41, 5.74) is 1.22. The lowest BCUT2D eigenvalue weighted by atomic mass is 10.0. The number of hydrogen-bond acceptors (Lipinski definition) is 3. The van der Waals surface area contributed by atoms with Gasteiger partial charge in [0.2, 0.25) is 0 Å². The number of fused-ring (bicyclic) bond motifs is 7. The number of hydrogen-bond donors (Lipinski definition) is 1. The minimum absolute atomic E-state index is 0.325. The molecule has 5 rings (SSSR count). The zero-order valence-corrected chi connectivity index (χ0v) is 13.5. The van der Waals surface area contributed by atoms with E-state index in [0.29, 0.717) is 5.69 Å². The minimum Gasteiger partial charge on any atom is -0.464 e. The van der Waals surface area contributed by atoms with E-state index in [1.165, 1.54) is 28.7 Å². The number of nitrogens with zero attached hydrogens (tertiary/aromatic N) is 1. The highest BCUT2D eigenvalue weighted by atomic mass is 16.5. The van der Waals surface area contributed by atoms with E-state index >= 15 is 0 Å². The van der Waals surface area contributed by atoms with E-state index in [0.717, 1.165) is 21.7 Å². The monoisotopic (exact) mass is 326 g/mol. The average molecular weight is 326 g/mol. The summed E-state index contributed by atoms with van der Waals surface area (Å²) >= 11 is 0. The van der Waals surface area contributed by atoms with Gasteiger partial charge in [-0.25, -0.2) is 9.78 Å². The molecule has 0 amide bonds. The summed E-state index contributed by atoms with van der Waals surface area (Å²) in [6.45, 7) is 0. The Kier molecular flexibility index (Phi) is 2.82. The number of carbonyl (C=O) groups excluding carboxylic acids is 1. The van der Waals surface area contributed by atoms with Gasteiger partial charge in [-0.15, -0.1) is 0 Å². The zero-order valence-electron chi connectivity index (χ0n) is 13.5.